The molecule has 3 rings (SSSR count). The molecule has 0 bridgehead atoms. The van der Waals surface area contributed by atoms with Crippen molar-refractivity contribution in [3.8, 4) is 0 Å². The van der Waals surface area contributed by atoms with Gasteiger partial charge >= 0.3 is 0 Å². The van der Waals surface area contributed by atoms with Crippen molar-refractivity contribution < 1.29 is 9.90 Å². The first-order valence-electron chi connectivity index (χ1n) is 7.45. The van der Waals surface area contributed by atoms with Crippen molar-refractivity contribution in [2.45, 2.75) is 20.0 Å². The smallest absolute Gasteiger partial charge is 0.253 e. The molecule has 0 aromatic carbocycles. The summed E-state index contributed by atoms with van der Waals surface area (Å²) in [5, 5.41) is 21.0. The number of rotatable bonds is 3. The van der Waals surface area contributed by atoms with E-state index in [1.165, 1.54) is 0 Å². The van der Waals surface area contributed by atoms with Gasteiger partial charge in [0.1, 0.15) is 0 Å². The minimum atomic E-state index is -0.400. The molecule has 0 aliphatic carbocycles. The second-order valence-electron chi connectivity index (χ2n) is 5.90. The Labute approximate surface area is 128 Å². The van der Waals surface area contributed by atoms with Gasteiger partial charge in [-0.05, 0) is 19.9 Å². The van der Waals surface area contributed by atoms with Crippen LogP contribution in [0, 0.1) is 19.8 Å². The summed E-state index contributed by atoms with van der Waals surface area (Å²) in [6, 6.07) is 1.85. The van der Waals surface area contributed by atoms with E-state index < -0.39 is 6.10 Å². The number of β-amino-alcohol motifs (C(OH)–C–C–N with tert-alkyl or cyclic N) is 1. The molecule has 2 atom stereocenters. The van der Waals surface area contributed by atoms with Crippen LogP contribution in [0.2, 0.25) is 0 Å². The summed E-state index contributed by atoms with van der Waals surface area (Å²) < 4.78 is 1.72. The van der Waals surface area contributed by atoms with E-state index in [4.69, 9.17) is 0 Å². The fourth-order valence-corrected chi connectivity index (χ4v) is 2.91. The van der Waals surface area contributed by atoms with Crippen LogP contribution in [-0.4, -0.2) is 51.5 Å². The Morgan fingerprint density at radius 1 is 1.45 bits per heavy atom. The molecule has 0 saturated carbocycles. The van der Waals surface area contributed by atoms with Gasteiger partial charge in [0, 0.05) is 38.0 Å². The number of amides is 1. The maximum Gasteiger partial charge on any atom is 0.253 e. The minimum Gasteiger partial charge on any atom is -0.391 e. The molecule has 1 amide bonds. The minimum absolute atomic E-state index is 0.0566. The van der Waals surface area contributed by atoms with Gasteiger partial charge in [0.15, 0.2) is 5.65 Å². The Balaban J connectivity index is 1.81. The monoisotopic (exact) mass is 303 g/mol. The van der Waals surface area contributed by atoms with Crippen LogP contribution in [0.25, 0.3) is 11.0 Å². The van der Waals surface area contributed by atoms with Crippen LogP contribution in [0.1, 0.15) is 21.7 Å². The number of aliphatic hydroxyl groups is 1. The number of hydrogen-bond acceptors (Lipinski definition) is 5. The molecule has 2 unspecified atom stereocenters. The van der Waals surface area contributed by atoms with Gasteiger partial charge < -0.3 is 15.7 Å². The molecule has 7 heteroatoms. The van der Waals surface area contributed by atoms with E-state index in [1.807, 2.05) is 27.0 Å². The molecule has 22 heavy (non-hydrogen) atoms. The summed E-state index contributed by atoms with van der Waals surface area (Å²) in [4.78, 5) is 16.9. The third kappa shape index (κ3) is 2.57. The molecule has 0 radical (unpaired) electrons. The number of fused-ring (bicyclic) bond motifs is 1. The molecular formula is C15H21N5O2. The Morgan fingerprint density at radius 3 is 2.91 bits per heavy atom. The number of carbonyl (C=O) groups excluding carboxylic acids is 1. The van der Waals surface area contributed by atoms with Crippen LogP contribution in [0.3, 0.4) is 0 Å². The number of aryl methyl sites for hydroxylation is 3. The van der Waals surface area contributed by atoms with Gasteiger partial charge in [-0.25, -0.2) is 4.98 Å². The van der Waals surface area contributed by atoms with E-state index in [9.17, 15) is 9.90 Å². The van der Waals surface area contributed by atoms with E-state index in [2.05, 4.69) is 20.7 Å². The highest BCUT2D eigenvalue weighted by Crippen LogP contribution is 2.19. The summed E-state index contributed by atoms with van der Waals surface area (Å²) in [6.07, 6.45) is -0.400. The predicted octanol–water partition coefficient (Wildman–Crippen LogP) is -0.105. The van der Waals surface area contributed by atoms with Crippen LogP contribution < -0.4 is 10.6 Å². The molecule has 2 aromatic rings. The lowest BCUT2D eigenvalue weighted by atomic mass is 10.1. The maximum absolute atomic E-state index is 12.4. The summed E-state index contributed by atoms with van der Waals surface area (Å²) in [5.74, 6) is -0.102. The number of aromatic nitrogens is 3. The predicted molar refractivity (Wildman–Crippen MR) is 82.7 cm³/mol. The second-order valence-corrected chi connectivity index (χ2v) is 5.90. The van der Waals surface area contributed by atoms with Crippen LogP contribution in [0.15, 0.2) is 6.07 Å². The standard InChI is InChI=1S/C15H21N5O2/c1-8-12(4-11-9(2)19-20(3)14(11)18-8)15(22)17-6-10-5-16-7-13(10)21/h4,10,13,16,21H,5-7H2,1-3H3,(H,17,22). The molecule has 1 aliphatic rings. The summed E-state index contributed by atoms with van der Waals surface area (Å²) >= 11 is 0. The van der Waals surface area contributed by atoms with E-state index in [0.29, 0.717) is 24.3 Å². The van der Waals surface area contributed by atoms with Crippen LogP contribution in [-0.2, 0) is 7.05 Å². The highest BCUT2D eigenvalue weighted by atomic mass is 16.3. The van der Waals surface area contributed by atoms with Gasteiger partial charge in [-0.1, -0.05) is 0 Å². The van der Waals surface area contributed by atoms with E-state index in [0.717, 1.165) is 23.3 Å². The van der Waals surface area contributed by atoms with Crippen molar-refractivity contribution >= 4 is 16.9 Å². The Bertz CT molecular complexity index is 724. The van der Waals surface area contributed by atoms with Crippen LogP contribution >= 0.6 is 0 Å². The zero-order valence-electron chi connectivity index (χ0n) is 13.1. The normalized spacial score (nSPS) is 21.5. The molecule has 3 N–H and O–H groups in total. The van der Waals surface area contributed by atoms with Crippen molar-refractivity contribution in [3.05, 3.63) is 23.0 Å². The van der Waals surface area contributed by atoms with Crippen molar-refractivity contribution in [2.24, 2.45) is 13.0 Å². The lowest BCUT2D eigenvalue weighted by molar-refractivity contribution is 0.0926. The first kappa shape index (κ1) is 14.9. The van der Waals surface area contributed by atoms with E-state index in [-0.39, 0.29) is 11.8 Å². The molecule has 1 aliphatic heterocycles. The van der Waals surface area contributed by atoms with Crippen molar-refractivity contribution in [2.75, 3.05) is 19.6 Å². The Hall–Kier alpha value is -1.99. The number of nitrogens with one attached hydrogen (secondary N) is 2. The molecule has 1 fully saturated rings. The van der Waals surface area contributed by atoms with Gasteiger partial charge in [-0.15, -0.1) is 0 Å². The van der Waals surface area contributed by atoms with Crippen molar-refractivity contribution in [3.63, 3.8) is 0 Å². The molecule has 7 nitrogen and oxygen atoms in total. The lowest BCUT2D eigenvalue weighted by Crippen LogP contribution is -2.34. The first-order chi connectivity index (χ1) is 10.5. The Morgan fingerprint density at radius 2 is 2.23 bits per heavy atom. The number of nitrogens with zero attached hydrogens (tertiary/aromatic N) is 3. The SMILES string of the molecule is Cc1nc2c(cc1C(=O)NCC1CNCC1O)c(C)nn2C. The zero-order chi connectivity index (χ0) is 15.9. The fourth-order valence-electron chi connectivity index (χ4n) is 2.91. The Kier molecular flexibility index (Phi) is 3.84. The summed E-state index contributed by atoms with van der Waals surface area (Å²) in [5.41, 5.74) is 2.87. The van der Waals surface area contributed by atoms with Crippen LogP contribution in [0.4, 0.5) is 0 Å². The molecule has 1 saturated heterocycles. The van der Waals surface area contributed by atoms with Gasteiger partial charge in [0.05, 0.1) is 23.1 Å². The highest BCUT2D eigenvalue weighted by Gasteiger charge is 2.25. The van der Waals surface area contributed by atoms with Crippen LogP contribution in [0.5, 0.6) is 0 Å². The zero-order valence-corrected chi connectivity index (χ0v) is 13.1. The number of carbonyl (C=O) groups is 1. The molecular weight excluding hydrogens is 282 g/mol. The number of aliphatic hydroxyl groups excluding tert-OH is 1. The molecule has 3 heterocycles. The third-order valence-electron chi connectivity index (χ3n) is 4.26. The summed E-state index contributed by atoms with van der Waals surface area (Å²) in [7, 11) is 1.84. The molecule has 118 valence electrons. The lowest BCUT2D eigenvalue weighted by Gasteiger charge is -2.14. The van der Waals surface area contributed by atoms with Crippen molar-refractivity contribution in [1.29, 1.82) is 0 Å². The first-order valence-corrected chi connectivity index (χ1v) is 7.45. The summed E-state index contributed by atoms with van der Waals surface area (Å²) in [6.45, 7) is 5.49. The molecule has 0 spiro atoms. The highest BCUT2D eigenvalue weighted by molar-refractivity contribution is 5.98. The second kappa shape index (κ2) is 5.66. The fraction of sp³-hybridized carbons (Fsp3) is 0.533. The van der Waals surface area contributed by atoms with Crippen molar-refractivity contribution in [1.82, 2.24) is 25.4 Å². The number of hydrogen-bond donors (Lipinski definition) is 3. The quantitative estimate of drug-likeness (QED) is 0.736. The van der Waals surface area contributed by atoms with Gasteiger partial charge in [0.2, 0.25) is 0 Å². The third-order valence-corrected chi connectivity index (χ3v) is 4.26. The topological polar surface area (TPSA) is 92.1 Å². The van der Waals surface area contributed by atoms with E-state index in [1.54, 1.807) is 4.68 Å². The van der Waals surface area contributed by atoms with Gasteiger partial charge in [0.25, 0.3) is 5.91 Å². The maximum atomic E-state index is 12.4. The van der Waals surface area contributed by atoms with E-state index >= 15 is 0 Å². The molecule has 2 aromatic heterocycles. The largest absolute Gasteiger partial charge is 0.391 e. The average molecular weight is 303 g/mol. The number of pyridine rings is 1. The van der Waals surface area contributed by atoms with Gasteiger partial charge in [-0.2, -0.15) is 5.10 Å². The average Bonchev–Trinajstić information content (AvgIpc) is 3.00. The van der Waals surface area contributed by atoms with Gasteiger partial charge in [-0.3, -0.25) is 9.48 Å².